The number of rotatable bonds is 7. The summed E-state index contributed by atoms with van der Waals surface area (Å²) in [6, 6.07) is -0.549. The Morgan fingerprint density at radius 1 is 1.55 bits per heavy atom. The number of aromatic nitrogens is 2. The standard InChI is InChI=1S/C12H20N4O4/c1-2-5-18-7-10-15-11(16-20-10)9-4-3-8(19-9)6-14-12(13)17/h8-9H,2-7H2,1H3,(H3,13,14,17). The molecule has 0 aromatic carbocycles. The summed E-state index contributed by atoms with van der Waals surface area (Å²) in [4.78, 5) is 14.9. The first kappa shape index (κ1) is 14.7. The summed E-state index contributed by atoms with van der Waals surface area (Å²) in [6.45, 7) is 3.42. The molecule has 1 aromatic heterocycles. The van der Waals surface area contributed by atoms with Crippen LogP contribution in [0.4, 0.5) is 4.79 Å². The Bertz CT molecular complexity index is 437. The van der Waals surface area contributed by atoms with Gasteiger partial charge in [0.15, 0.2) is 0 Å². The van der Waals surface area contributed by atoms with E-state index in [1.807, 2.05) is 6.92 Å². The molecular weight excluding hydrogens is 264 g/mol. The number of hydrogen-bond donors (Lipinski definition) is 2. The Balaban J connectivity index is 1.79. The average Bonchev–Trinajstić information content (AvgIpc) is 3.05. The summed E-state index contributed by atoms with van der Waals surface area (Å²) in [5.74, 6) is 0.984. The van der Waals surface area contributed by atoms with E-state index < -0.39 is 6.03 Å². The van der Waals surface area contributed by atoms with Crippen LogP contribution in [0.3, 0.4) is 0 Å². The first-order valence-electron chi connectivity index (χ1n) is 6.78. The molecule has 2 atom stereocenters. The number of nitrogens with two attached hydrogens (primary N) is 1. The molecule has 3 N–H and O–H groups in total. The zero-order chi connectivity index (χ0) is 14.4. The first-order chi connectivity index (χ1) is 9.69. The molecule has 8 nitrogen and oxygen atoms in total. The fraction of sp³-hybridized carbons (Fsp3) is 0.750. The van der Waals surface area contributed by atoms with Crippen molar-refractivity contribution < 1.29 is 18.8 Å². The van der Waals surface area contributed by atoms with Crippen molar-refractivity contribution in [2.24, 2.45) is 5.73 Å². The molecule has 112 valence electrons. The van der Waals surface area contributed by atoms with Crippen LogP contribution < -0.4 is 11.1 Å². The van der Waals surface area contributed by atoms with E-state index in [4.69, 9.17) is 19.7 Å². The maximum Gasteiger partial charge on any atom is 0.312 e. The quantitative estimate of drug-likeness (QED) is 0.719. The van der Waals surface area contributed by atoms with Gasteiger partial charge in [0, 0.05) is 13.2 Å². The third-order valence-corrected chi connectivity index (χ3v) is 2.96. The Labute approximate surface area is 117 Å². The predicted molar refractivity (Wildman–Crippen MR) is 68.7 cm³/mol. The van der Waals surface area contributed by atoms with Gasteiger partial charge in [0.2, 0.25) is 5.82 Å². The predicted octanol–water partition coefficient (Wildman–Crippen LogP) is 0.885. The van der Waals surface area contributed by atoms with E-state index in [2.05, 4.69) is 15.5 Å². The smallest absolute Gasteiger partial charge is 0.312 e. The van der Waals surface area contributed by atoms with Gasteiger partial charge in [-0.3, -0.25) is 0 Å². The highest BCUT2D eigenvalue weighted by Gasteiger charge is 2.30. The van der Waals surface area contributed by atoms with Gasteiger partial charge in [-0.2, -0.15) is 4.98 Å². The minimum atomic E-state index is -0.549. The highest BCUT2D eigenvalue weighted by molar-refractivity contribution is 5.71. The third kappa shape index (κ3) is 4.17. The molecule has 1 aliphatic heterocycles. The molecule has 1 aromatic rings. The summed E-state index contributed by atoms with van der Waals surface area (Å²) in [5, 5.41) is 6.43. The van der Waals surface area contributed by atoms with Gasteiger partial charge in [-0.1, -0.05) is 12.1 Å². The van der Waals surface area contributed by atoms with Crippen molar-refractivity contribution in [3.05, 3.63) is 11.7 Å². The summed E-state index contributed by atoms with van der Waals surface area (Å²) in [5.41, 5.74) is 5.02. The van der Waals surface area contributed by atoms with Gasteiger partial charge in [0.05, 0.1) is 6.10 Å². The normalized spacial score (nSPS) is 22.1. The summed E-state index contributed by atoms with van der Waals surface area (Å²) in [7, 11) is 0. The van der Waals surface area contributed by atoms with Crippen LogP contribution >= 0.6 is 0 Å². The van der Waals surface area contributed by atoms with E-state index in [9.17, 15) is 4.79 Å². The number of ether oxygens (including phenoxy) is 2. The second-order valence-electron chi connectivity index (χ2n) is 4.67. The third-order valence-electron chi connectivity index (χ3n) is 2.96. The lowest BCUT2D eigenvalue weighted by molar-refractivity contribution is 0.0402. The molecule has 2 heterocycles. The highest BCUT2D eigenvalue weighted by Crippen LogP contribution is 2.30. The molecule has 0 saturated carbocycles. The van der Waals surface area contributed by atoms with Gasteiger partial charge in [-0.05, 0) is 19.3 Å². The number of primary amides is 1. The van der Waals surface area contributed by atoms with Crippen molar-refractivity contribution in [1.82, 2.24) is 15.5 Å². The number of nitrogens with zero attached hydrogens (tertiary/aromatic N) is 2. The minimum absolute atomic E-state index is 0.0641. The van der Waals surface area contributed by atoms with Gasteiger partial charge >= 0.3 is 6.03 Å². The van der Waals surface area contributed by atoms with Crippen LogP contribution in [-0.2, 0) is 16.1 Å². The number of amides is 2. The van der Waals surface area contributed by atoms with Crippen molar-refractivity contribution in [2.75, 3.05) is 13.2 Å². The molecular formula is C12H20N4O4. The maximum absolute atomic E-state index is 10.6. The molecule has 0 aliphatic carbocycles. The van der Waals surface area contributed by atoms with Crippen LogP contribution in [0.25, 0.3) is 0 Å². The zero-order valence-corrected chi connectivity index (χ0v) is 11.5. The first-order valence-corrected chi connectivity index (χ1v) is 6.78. The monoisotopic (exact) mass is 284 g/mol. The molecule has 8 heteroatoms. The van der Waals surface area contributed by atoms with E-state index in [1.165, 1.54) is 0 Å². The zero-order valence-electron chi connectivity index (χ0n) is 11.5. The van der Waals surface area contributed by atoms with E-state index in [1.54, 1.807) is 0 Å². The largest absolute Gasteiger partial charge is 0.372 e. The fourth-order valence-corrected chi connectivity index (χ4v) is 2.02. The van der Waals surface area contributed by atoms with Crippen molar-refractivity contribution >= 4 is 6.03 Å². The van der Waals surface area contributed by atoms with E-state index >= 15 is 0 Å². The van der Waals surface area contributed by atoms with Crippen LogP contribution in [0.15, 0.2) is 4.52 Å². The lowest BCUT2D eigenvalue weighted by atomic mass is 10.2. The maximum atomic E-state index is 10.6. The molecule has 1 aliphatic rings. The SMILES string of the molecule is CCCOCc1nc(C2CCC(CNC(N)=O)O2)no1. The van der Waals surface area contributed by atoms with Gasteiger partial charge in [0.25, 0.3) is 5.89 Å². The Morgan fingerprint density at radius 3 is 3.15 bits per heavy atom. The molecule has 2 amide bonds. The molecule has 1 fully saturated rings. The molecule has 0 spiro atoms. The lowest BCUT2D eigenvalue weighted by Crippen LogP contribution is -2.35. The number of urea groups is 1. The van der Waals surface area contributed by atoms with Gasteiger partial charge in [-0.15, -0.1) is 0 Å². The van der Waals surface area contributed by atoms with Crippen LogP contribution in [-0.4, -0.2) is 35.4 Å². The van der Waals surface area contributed by atoms with Crippen LogP contribution in [0.5, 0.6) is 0 Å². The summed E-state index contributed by atoms with van der Waals surface area (Å²) >= 11 is 0. The van der Waals surface area contributed by atoms with Crippen LogP contribution in [0, 0.1) is 0 Å². The summed E-state index contributed by atoms with van der Waals surface area (Å²) < 4.78 is 16.2. The van der Waals surface area contributed by atoms with Gasteiger partial charge in [0.1, 0.15) is 12.7 Å². The van der Waals surface area contributed by atoms with E-state index in [-0.39, 0.29) is 12.2 Å². The Morgan fingerprint density at radius 2 is 2.40 bits per heavy atom. The van der Waals surface area contributed by atoms with E-state index in [0.717, 1.165) is 19.3 Å². The number of carbonyl (C=O) groups excluding carboxylic acids is 1. The second-order valence-corrected chi connectivity index (χ2v) is 4.67. The van der Waals surface area contributed by atoms with Crippen LogP contribution in [0.2, 0.25) is 0 Å². The molecule has 0 bridgehead atoms. The number of carbonyl (C=O) groups is 1. The highest BCUT2D eigenvalue weighted by atomic mass is 16.5. The topological polar surface area (TPSA) is 113 Å². The average molecular weight is 284 g/mol. The number of nitrogens with one attached hydrogen (secondary N) is 1. The van der Waals surface area contributed by atoms with Gasteiger partial charge in [-0.25, -0.2) is 4.79 Å². The van der Waals surface area contributed by atoms with Crippen molar-refractivity contribution in [2.45, 2.75) is 45.0 Å². The van der Waals surface area contributed by atoms with Gasteiger partial charge < -0.3 is 25.0 Å². The fourth-order valence-electron chi connectivity index (χ4n) is 2.02. The summed E-state index contributed by atoms with van der Waals surface area (Å²) in [6.07, 6.45) is 2.30. The van der Waals surface area contributed by atoms with Crippen molar-refractivity contribution in [1.29, 1.82) is 0 Å². The van der Waals surface area contributed by atoms with Crippen LogP contribution in [0.1, 0.15) is 44.0 Å². The minimum Gasteiger partial charge on any atom is -0.372 e. The molecule has 1 saturated heterocycles. The van der Waals surface area contributed by atoms with Crippen molar-refractivity contribution in [3.63, 3.8) is 0 Å². The molecule has 2 unspecified atom stereocenters. The molecule has 2 rings (SSSR count). The molecule has 20 heavy (non-hydrogen) atoms. The lowest BCUT2D eigenvalue weighted by Gasteiger charge is -2.11. The second kappa shape index (κ2) is 7.20. The Hall–Kier alpha value is -1.67. The number of hydrogen-bond acceptors (Lipinski definition) is 6. The molecule has 0 radical (unpaired) electrons. The van der Waals surface area contributed by atoms with E-state index in [0.29, 0.717) is 31.5 Å². The van der Waals surface area contributed by atoms with Crippen molar-refractivity contribution in [3.8, 4) is 0 Å². The Kier molecular flexibility index (Phi) is 5.31.